The summed E-state index contributed by atoms with van der Waals surface area (Å²) in [4.78, 5) is 0.169. The van der Waals surface area contributed by atoms with Gasteiger partial charge in [0.1, 0.15) is 4.90 Å². The molecule has 3 aromatic rings. The van der Waals surface area contributed by atoms with Gasteiger partial charge in [-0.25, -0.2) is 8.42 Å². The fourth-order valence-corrected chi connectivity index (χ4v) is 4.01. The Morgan fingerprint density at radius 2 is 1.81 bits per heavy atom. The van der Waals surface area contributed by atoms with E-state index >= 15 is 0 Å². The fraction of sp³-hybridized carbons (Fsp3) is 0.333. The second-order valence-electron chi connectivity index (χ2n) is 6.73. The highest BCUT2D eigenvalue weighted by molar-refractivity contribution is 7.92. The van der Waals surface area contributed by atoms with Crippen molar-refractivity contribution in [2.45, 2.75) is 32.2 Å². The van der Waals surface area contributed by atoms with Gasteiger partial charge in [0.05, 0.1) is 5.69 Å². The van der Waals surface area contributed by atoms with E-state index < -0.39 is 10.0 Å². The van der Waals surface area contributed by atoms with Gasteiger partial charge in [-0.15, -0.1) is 0 Å². The van der Waals surface area contributed by atoms with E-state index in [0.717, 1.165) is 11.1 Å². The van der Waals surface area contributed by atoms with Crippen molar-refractivity contribution in [2.24, 2.45) is 13.0 Å². The van der Waals surface area contributed by atoms with Crippen molar-refractivity contribution in [3.8, 4) is 11.1 Å². The number of rotatable bonds is 6. The molecule has 2 heterocycles. The zero-order valence-corrected chi connectivity index (χ0v) is 16.2. The van der Waals surface area contributed by atoms with Crippen LogP contribution < -0.4 is 4.72 Å². The molecule has 3 rings (SSSR count). The first kappa shape index (κ1) is 18.2. The minimum absolute atomic E-state index is 0.169. The maximum atomic E-state index is 12.9. The predicted octanol–water partition coefficient (Wildman–Crippen LogP) is 3.05. The molecule has 1 aromatic carbocycles. The Morgan fingerprint density at radius 1 is 1.12 bits per heavy atom. The molecular weight excluding hydrogens is 350 g/mol. The van der Waals surface area contributed by atoms with Gasteiger partial charge in [0.25, 0.3) is 10.0 Å². The second-order valence-corrected chi connectivity index (χ2v) is 8.38. The van der Waals surface area contributed by atoms with E-state index in [1.54, 1.807) is 35.7 Å². The summed E-state index contributed by atoms with van der Waals surface area (Å²) in [6.45, 7) is 6.48. The molecule has 0 aliphatic heterocycles. The Hall–Kier alpha value is -2.61. The molecule has 0 bridgehead atoms. The first-order valence-electron chi connectivity index (χ1n) is 8.42. The highest BCUT2D eigenvalue weighted by Crippen LogP contribution is 2.28. The van der Waals surface area contributed by atoms with Crippen molar-refractivity contribution in [1.29, 1.82) is 0 Å². The van der Waals surface area contributed by atoms with E-state index in [-0.39, 0.29) is 4.90 Å². The third-order valence-corrected chi connectivity index (χ3v) is 5.33. The summed E-state index contributed by atoms with van der Waals surface area (Å²) in [5.74, 6) is 0.674. The second kappa shape index (κ2) is 6.95. The van der Waals surface area contributed by atoms with Crippen LogP contribution >= 0.6 is 0 Å². The molecule has 138 valence electrons. The number of nitrogens with one attached hydrogen (secondary N) is 1. The lowest BCUT2D eigenvalue weighted by Gasteiger charge is -2.07. The van der Waals surface area contributed by atoms with Crippen molar-refractivity contribution >= 4 is 15.8 Å². The molecule has 7 nitrogen and oxygen atoms in total. The van der Waals surface area contributed by atoms with Gasteiger partial charge in [0.15, 0.2) is 5.82 Å². The number of hydrogen-bond acceptors (Lipinski definition) is 4. The number of aryl methyl sites for hydroxylation is 2. The maximum absolute atomic E-state index is 12.9. The van der Waals surface area contributed by atoms with Crippen LogP contribution in [0.1, 0.15) is 19.5 Å². The summed E-state index contributed by atoms with van der Waals surface area (Å²) in [5, 5.41) is 8.60. The largest absolute Gasteiger partial charge is 0.273 e. The zero-order chi connectivity index (χ0) is 18.9. The topological polar surface area (TPSA) is 81.8 Å². The van der Waals surface area contributed by atoms with Crippen LogP contribution in [0.5, 0.6) is 0 Å². The molecular formula is C18H23N5O2S. The molecule has 8 heteroatoms. The normalized spacial score (nSPS) is 11.9. The van der Waals surface area contributed by atoms with E-state index in [2.05, 4.69) is 28.8 Å². The number of anilines is 1. The standard InChI is InChI=1S/C18H23N5O2S/c1-13(2)10-23-12-17(14(3)19-23)26(24,25)21-18-16(11-22(4)20-18)15-8-6-5-7-9-15/h5-9,11-13H,10H2,1-4H3,(H,20,21). The van der Waals surface area contributed by atoms with Gasteiger partial charge < -0.3 is 0 Å². The van der Waals surface area contributed by atoms with Gasteiger partial charge in [0, 0.05) is 31.5 Å². The average molecular weight is 373 g/mol. The first-order valence-corrected chi connectivity index (χ1v) is 9.90. The van der Waals surface area contributed by atoms with Crippen LogP contribution in [-0.2, 0) is 23.6 Å². The Balaban J connectivity index is 1.95. The van der Waals surface area contributed by atoms with Crippen LogP contribution in [0.3, 0.4) is 0 Å². The molecule has 1 N–H and O–H groups in total. The molecule has 0 amide bonds. The zero-order valence-electron chi connectivity index (χ0n) is 15.3. The Kier molecular flexibility index (Phi) is 4.86. The van der Waals surface area contributed by atoms with E-state index in [9.17, 15) is 8.42 Å². The van der Waals surface area contributed by atoms with Crippen molar-refractivity contribution in [1.82, 2.24) is 19.6 Å². The predicted molar refractivity (Wildman–Crippen MR) is 101 cm³/mol. The van der Waals surface area contributed by atoms with Crippen molar-refractivity contribution in [3.63, 3.8) is 0 Å². The first-order chi connectivity index (χ1) is 12.3. The highest BCUT2D eigenvalue weighted by Gasteiger charge is 2.23. The third kappa shape index (κ3) is 3.80. The summed E-state index contributed by atoms with van der Waals surface area (Å²) in [6.07, 6.45) is 3.37. The summed E-state index contributed by atoms with van der Waals surface area (Å²) in [5.41, 5.74) is 2.09. The van der Waals surface area contributed by atoms with Gasteiger partial charge >= 0.3 is 0 Å². The summed E-state index contributed by atoms with van der Waals surface area (Å²) >= 11 is 0. The number of benzene rings is 1. The number of aromatic nitrogens is 4. The molecule has 2 aromatic heterocycles. The summed E-state index contributed by atoms with van der Waals surface area (Å²) in [6, 6.07) is 9.55. The van der Waals surface area contributed by atoms with Gasteiger partial charge in [-0.1, -0.05) is 44.2 Å². The van der Waals surface area contributed by atoms with Crippen LogP contribution in [0.25, 0.3) is 11.1 Å². The molecule has 0 aliphatic carbocycles. The Labute approximate surface area is 153 Å². The van der Waals surface area contributed by atoms with Crippen molar-refractivity contribution < 1.29 is 8.42 Å². The molecule has 0 atom stereocenters. The molecule has 0 saturated carbocycles. The molecule has 0 radical (unpaired) electrons. The van der Waals surface area contributed by atoms with Gasteiger partial charge in [-0.05, 0) is 18.4 Å². The Bertz CT molecular complexity index is 1000. The fourth-order valence-electron chi connectivity index (χ4n) is 2.81. The number of sulfonamides is 1. The van der Waals surface area contributed by atoms with Crippen LogP contribution in [0.15, 0.2) is 47.6 Å². The third-order valence-electron chi connectivity index (χ3n) is 3.89. The number of hydrogen-bond donors (Lipinski definition) is 1. The summed E-state index contributed by atoms with van der Waals surface area (Å²) in [7, 11) is -2.03. The lowest BCUT2D eigenvalue weighted by molar-refractivity contribution is 0.480. The SMILES string of the molecule is Cc1nn(CC(C)C)cc1S(=O)(=O)Nc1nn(C)cc1-c1ccccc1. The van der Waals surface area contributed by atoms with E-state index in [1.165, 1.54) is 0 Å². The van der Waals surface area contributed by atoms with Crippen molar-refractivity contribution in [3.05, 3.63) is 48.4 Å². The smallest absolute Gasteiger partial charge is 0.266 e. The molecule has 0 saturated heterocycles. The Morgan fingerprint density at radius 3 is 2.46 bits per heavy atom. The molecule has 0 fully saturated rings. The minimum atomic E-state index is -3.79. The number of nitrogens with zero attached hydrogens (tertiary/aromatic N) is 4. The maximum Gasteiger partial charge on any atom is 0.266 e. The monoisotopic (exact) mass is 373 g/mol. The van der Waals surface area contributed by atoms with E-state index in [1.807, 2.05) is 30.3 Å². The van der Waals surface area contributed by atoms with Crippen LogP contribution in [0.2, 0.25) is 0 Å². The quantitative estimate of drug-likeness (QED) is 0.720. The molecule has 0 aliphatic rings. The van der Waals surface area contributed by atoms with Crippen LogP contribution in [0, 0.1) is 12.8 Å². The summed E-state index contributed by atoms with van der Waals surface area (Å²) < 4.78 is 31.7. The van der Waals surface area contributed by atoms with Crippen LogP contribution in [-0.4, -0.2) is 28.0 Å². The average Bonchev–Trinajstić information content (AvgIpc) is 3.10. The molecule has 0 unspecified atom stereocenters. The van der Waals surface area contributed by atoms with Gasteiger partial charge in [-0.3, -0.25) is 14.1 Å². The van der Waals surface area contributed by atoms with E-state index in [4.69, 9.17) is 0 Å². The van der Waals surface area contributed by atoms with Gasteiger partial charge in [0.2, 0.25) is 0 Å². The van der Waals surface area contributed by atoms with Crippen LogP contribution in [0.4, 0.5) is 5.82 Å². The molecule has 0 spiro atoms. The van der Waals surface area contributed by atoms with E-state index in [0.29, 0.717) is 24.0 Å². The van der Waals surface area contributed by atoms with Gasteiger partial charge in [-0.2, -0.15) is 10.2 Å². The highest BCUT2D eigenvalue weighted by atomic mass is 32.2. The lowest BCUT2D eigenvalue weighted by atomic mass is 10.1. The lowest BCUT2D eigenvalue weighted by Crippen LogP contribution is -2.14. The van der Waals surface area contributed by atoms with Crippen molar-refractivity contribution in [2.75, 3.05) is 4.72 Å². The minimum Gasteiger partial charge on any atom is -0.273 e. The molecule has 26 heavy (non-hydrogen) atoms.